The van der Waals surface area contributed by atoms with Crippen LogP contribution in [0.5, 0.6) is 5.75 Å². The van der Waals surface area contributed by atoms with Gasteiger partial charge in [0, 0.05) is 18.0 Å². The number of esters is 1. The summed E-state index contributed by atoms with van der Waals surface area (Å²) in [6, 6.07) is 7.16. The molecule has 0 N–H and O–H groups in total. The van der Waals surface area contributed by atoms with Crippen LogP contribution in [0.2, 0.25) is 0 Å². The first-order valence-corrected chi connectivity index (χ1v) is 5.79. The summed E-state index contributed by atoms with van der Waals surface area (Å²) in [5.41, 5.74) is 0.735. The zero-order valence-electron chi connectivity index (χ0n) is 10.8. The van der Waals surface area contributed by atoms with Crippen molar-refractivity contribution in [2.75, 3.05) is 7.11 Å². The van der Waals surface area contributed by atoms with Gasteiger partial charge in [0.05, 0.1) is 7.11 Å². The van der Waals surface area contributed by atoms with Crippen LogP contribution in [0.1, 0.15) is 10.4 Å². The van der Waals surface area contributed by atoms with Crippen LogP contribution in [0.25, 0.3) is 11.1 Å². The average molecular weight is 297 g/mol. The van der Waals surface area contributed by atoms with Crippen LogP contribution in [-0.2, 0) is 4.74 Å². The summed E-state index contributed by atoms with van der Waals surface area (Å²) in [5.74, 6) is -1.53. The molecule has 7 heteroatoms. The molecule has 0 aliphatic rings. The summed E-state index contributed by atoms with van der Waals surface area (Å²) >= 11 is 0. The van der Waals surface area contributed by atoms with E-state index in [0.29, 0.717) is 11.1 Å². The van der Waals surface area contributed by atoms with Gasteiger partial charge >= 0.3 is 12.3 Å². The van der Waals surface area contributed by atoms with Crippen molar-refractivity contribution in [1.82, 2.24) is 4.98 Å². The summed E-state index contributed by atoms with van der Waals surface area (Å²) in [6.45, 7) is 0. The Kier molecular flexibility index (Phi) is 4.11. The second-order valence-corrected chi connectivity index (χ2v) is 3.99. The molecule has 1 heterocycles. The second-order valence-electron chi connectivity index (χ2n) is 3.99. The number of ether oxygens (including phenoxy) is 2. The van der Waals surface area contributed by atoms with Crippen LogP contribution < -0.4 is 4.74 Å². The zero-order chi connectivity index (χ0) is 15.5. The number of nitrogens with zero attached hydrogens (tertiary/aromatic N) is 1. The molecule has 21 heavy (non-hydrogen) atoms. The Morgan fingerprint density at radius 1 is 1.19 bits per heavy atom. The van der Waals surface area contributed by atoms with Crippen LogP contribution in [0.3, 0.4) is 0 Å². The summed E-state index contributed by atoms with van der Waals surface area (Å²) < 4.78 is 45.6. The molecular formula is C14H10F3NO3. The SMILES string of the molecule is COC(=O)c1ccc(-c2cccnc2)cc1OC(F)(F)F. The van der Waals surface area contributed by atoms with Crippen molar-refractivity contribution in [2.24, 2.45) is 0 Å². The predicted octanol–water partition coefficient (Wildman–Crippen LogP) is 3.43. The Morgan fingerprint density at radius 2 is 1.95 bits per heavy atom. The molecule has 0 radical (unpaired) electrons. The van der Waals surface area contributed by atoms with Crippen molar-refractivity contribution in [1.29, 1.82) is 0 Å². The lowest BCUT2D eigenvalue weighted by molar-refractivity contribution is -0.274. The van der Waals surface area contributed by atoms with Crippen molar-refractivity contribution in [3.63, 3.8) is 0 Å². The zero-order valence-corrected chi connectivity index (χ0v) is 10.8. The number of hydrogen-bond donors (Lipinski definition) is 0. The van der Waals surface area contributed by atoms with Crippen LogP contribution in [0.4, 0.5) is 13.2 Å². The monoisotopic (exact) mass is 297 g/mol. The lowest BCUT2D eigenvalue weighted by Gasteiger charge is -2.13. The summed E-state index contributed by atoms with van der Waals surface area (Å²) in [6.07, 6.45) is -1.87. The molecule has 0 fully saturated rings. The Morgan fingerprint density at radius 3 is 2.52 bits per heavy atom. The maximum absolute atomic E-state index is 12.4. The summed E-state index contributed by atoms with van der Waals surface area (Å²) in [7, 11) is 1.08. The van der Waals surface area contributed by atoms with E-state index in [2.05, 4.69) is 14.5 Å². The van der Waals surface area contributed by atoms with Gasteiger partial charge < -0.3 is 9.47 Å². The molecular weight excluding hydrogens is 287 g/mol. The highest BCUT2D eigenvalue weighted by Crippen LogP contribution is 2.31. The fourth-order valence-electron chi connectivity index (χ4n) is 1.72. The van der Waals surface area contributed by atoms with Gasteiger partial charge in [-0.1, -0.05) is 12.1 Å². The number of benzene rings is 1. The molecule has 0 spiro atoms. The van der Waals surface area contributed by atoms with E-state index in [-0.39, 0.29) is 5.56 Å². The Labute approximate surface area is 118 Å². The first-order chi connectivity index (χ1) is 9.90. The molecule has 0 bridgehead atoms. The lowest BCUT2D eigenvalue weighted by atomic mass is 10.0. The number of rotatable bonds is 3. The number of carbonyl (C=O) groups excluding carboxylic acids is 1. The Balaban J connectivity index is 2.48. The van der Waals surface area contributed by atoms with Crippen LogP contribution >= 0.6 is 0 Å². The lowest BCUT2D eigenvalue weighted by Crippen LogP contribution is -2.19. The number of carbonyl (C=O) groups is 1. The maximum atomic E-state index is 12.4. The fourth-order valence-corrected chi connectivity index (χ4v) is 1.72. The molecule has 0 aliphatic heterocycles. The topological polar surface area (TPSA) is 48.4 Å². The van der Waals surface area contributed by atoms with Crippen LogP contribution in [0, 0.1) is 0 Å². The van der Waals surface area contributed by atoms with Crippen molar-refractivity contribution in [3.8, 4) is 16.9 Å². The number of alkyl halides is 3. The molecule has 0 atom stereocenters. The van der Waals surface area contributed by atoms with Crippen molar-refractivity contribution < 1.29 is 27.4 Å². The molecule has 4 nitrogen and oxygen atoms in total. The number of aromatic nitrogens is 1. The van der Waals surface area contributed by atoms with E-state index < -0.39 is 18.1 Å². The first kappa shape index (κ1) is 14.8. The molecule has 0 saturated heterocycles. The minimum Gasteiger partial charge on any atom is -0.465 e. The minimum absolute atomic E-state index is 0.303. The minimum atomic E-state index is -4.91. The van der Waals surface area contributed by atoms with Gasteiger partial charge in [-0.15, -0.1) is 13.2 Å². The van der Waals surface area contributed by atoms with E-state index in [9.17, 15) is 18.0 Å². The van der Waals surface area contributed by atoms with Gasteiger partial charge in [0.1, 0.15) is 11.3 Å². The van der Waals surface area contributed by atoms with Crippen molar-refractivity contribution in [3.05, 3.63) is 48.3 Å². The van der Waals surface area contributed by atoms with Crippen LogP contribution in [0.15, 0.2) is 42.7 Å². The predicted molar refractivity (Wildman–Crippen MR) is 67.7 cm³/mol. The van der Waals surface area contributed by atoms with Crippen molar-refractivity contribution in [2.45, 2.75) is 6.36 Å². The molecule has 2 aromatic rings. The van der Waals surface area contributed by atoms with Gasteiger partial charge in [-0.25, -0.2) is 4.79 Å². The third-order valence-corrected chi connectivity index (χ3v) is 2.61. The quantitative estimate of drug-likeness (QED) is 0.814. The molecule has 0 aliphatic carbocycles. The number of hydrogen-bond acceptors (Lipinski definition) is 4. The largest absolute Gasteiger partial charge is 0.573 e. The van der Waals surface area contributed by atoms with E-state index >= 15 is 0 Å². The molecule has 0 unspecified atom stereocenters. The number of halogens is 3. The van der Waals surface area contributed by atoms with E-state index in [1.54, 1.807) is 18.3 Å². The average Bonchev–Trinajstić information content (AvgIpc) is 2.45. The summed E-state index contributed by atoms with van der Waals surface area (Å²) in [5, 5.41) is 0. The van der Waals surface area contributed by atoms with Gasteiger partial charge in [0.15, 0.2) is 0 Å². The normalized spacial score (nSPS) is 11.0. The second kappa shape index (κ2) is 5.82. The fraction of sp³-hybridized carbons (Fsp3) is 0.143. The molecule has 1 aromatic carbocycles. The van der Waals surface area contributed by atoms with E-state index in [0.717, 1.165) is 13.2 Å². The van der Waals surface area contributed by atoms with E-state index in [4.69, 9.17) is 0 Å². The number of pyridine rings is 1. The van der Waals surface area contributed by atoms with Gasteiger partial charge in [-0.3, -0.25) is 4.98 Å². The highest BCUT2D eigenvalue weighted by atomic mass is 19.4. The van der Waals surface area contributed by atoms with E-state index in [1.807, 2.05) is 0 Å². The first-order valence-electron chi connectivity index (χ1n) is 5.79. The Hall–Kier alpha value is -2.57. The number of methoxy groups -OCH3 is 1. The molecule has 0 amide bonds. The highest BCUT2D eigenvalue weighted by molar-refractivity contribution is 5.93. The Bertz CT molecular complexity index is 642. The standard InChI is InChI=1S/C14H10F3NO3/c1-20-13(19)11-5-4-9(10-3-2-6-18-8-10)7-12(11)21-14(15,16)17/h2-8H,1H3. The molecule has 0 saturated carbocycles. The van der Waals surface area contributed by atoms with Gasteiger partial charge in [0.2, 0.25) is 0 Å². The van der Waals surface area contributed by atoms with Crippen LogP contribution in [-0.4, -0.2) is 24.4 Å². The maximum Gasteiger partial charge on any atom is 0.573 e. The van der Waals surface area contributed by atoms with Gasteiger partial charge in [-0.2, -0.15) is 0 Å². The highest BCUT2D eigenvalue weighted by Gasteiger charge is 2.33. The third kappa shape index (κ3) is 3.71. The van der Waals surface area contributed by atoms with Gasteiger partial charge in [0.25, 0.3) is 0 Å². The van der Waals surface area contributed by atoms with Crippen molar-refractivity contribution >= 4 is 5.97 Å². The third-order valence-electron chi connectivity index (χ3n) is 2.61. The summed E-state index contributed by atoms with van der Waals surface area (Å²) in [4.78, 5) is 15.4. The molecule has 2 rings (SSSR count). The smallest absolute Gasteiger partial charge is 0.465 e. The van der Waals surface area contributed by atoms with Gasteiger partial charge in [-0.05, 0) is 23.8 Å². The molecule has 1 aromatic heterocycles. The molecule has 110 valence electrons. The van der Waals surface area contributed by atoms with E-state index in [1.165, 1.54) is 18.3 Å².